The predicted molar refractivity (Wildman–Crippen MR) is 114 cm³/mol. The maximum Gasteiger partial charge on any atom is 0.316 e. The van der Waals surface area contributed by atoms with Crippen molar-refractivity contribution < 1.29 is 22.7 Å². The summed E-state index contributed by atoms with van der Waals surface area (Å²) >= 11 is 2.29. The molecule has 0 unspecified atom stereocenters. The predicted octanol–water partition coefficient (Wildman–Crippen LogP) is 2.62. The number of nitrogens with one attached hydrogen (secondary N) is 1. The van der Waals surface area contributed by atoms with Crippen molar-refractivity contribution >= 4 is 50.1 Å². The molecule has 3 rings (SSSR count). The topological polar surface area (TPSA) is 119 Å². The molecule has 2 heterocycles. The molecule has 1 aliphatic rings. The quantitative estimate of drug-likeness (QED) is 0.355. The molecule has 0 radical (unpaired) electrons. The third-order valence-corrected chi connectivity index (χ3v) is 8.13. The summed E-state index contributed by atoms with van der Waals surface area (Å²) in [4.78, 5) is 24.1. The summed E-state index contributed by atoms with van der Waals surface area (Å²) in [5, 5.41) is 10.7. The molecule has 30 heavy (non-hydrogen) atoms. The van der Waals surface area contributed by atoms with Crippen LogP contribution in [0.1, 0.15) is 36.5 Å². The van der Waals surface area contributed by atoms with Crippen LogP contribution in [0.2, 0.25) is 0 Å². The van der Waals surface area contributed by atoms with Gasteiger partial charge >= 0.3 is 5.97 Å². The van der Waals surface area contributed by atoms with Crippen LogP contribution in [0.5, 0.6) is 0 Å². The van der Waals surface area contributed by atoms with Gasteiger partial charge in [-0.2, -0.15) is 4.31 Å². The molecule has 0 aliphatic carbocycles. The Hall–Kier alpha value is -2.02. The van der Waals surface area contributed by atoms with E-state index in [2.05, 4.69) is 15.5 Å². The average Bonchev–Trinajstić information content (AvgIpc) is 3.20. The molecular weight excluding hydrogens is 448 g/mol. The number of aromatic nitrogens is 2. The van der Waals surface area contributed by atoms with Crippen molar-refractivity contribution in [3.63, 3.8) is 0 Å². The summed E-state index contributed by atoms with van der Waals surface area (Å²) in [6.45, 7) is 3.03. The van der Waals surface area contributed by atoms with Gasteiger partial charge in [-0.3, -0.25) is 14.9 Å². The third-order valence-electron chi connectivity index (χ3n) is 4.29. The van der Waals surface area contributed by atoms with Crippen molar-refractivity contribution in [2.45, 2.75) is 35.4 Å². The number of thioether (sulfide) groups is 1. The number of hydrogen-bond donors (Lipinski definition) is 1. The molecule has 1 saturated heterocycles. The Bertz CT molecular complexity index is 1000. The second kappa shape index (κ2) is 10.3. The number of carbonyl (C=O) groups is 2. The Labute approximate surface area is 183 Å². The Kier molecular flexibility index (Phi) is 7.81. The van der Waals surface area contributed by atoms with E-state index in [1.165, 1.54) is 28.2 Å². The van der Waals surface area contributed by atoms with E-state index in [0.29, 0.717) is 24.0 Å². The van der Waals surface area contributed by atoms with Gasteiger partial charge in [0.25, 0.3) is 5.91 Å². The fourth-order valence-electron chi connectivity index (χ4n) is 2.86. The van der Waals surface area contributed by atoms with E-state index in [9.17, 15) is 18.0 Å². The number of rotatable bonds is 8. The second-order valence-electron chi connectivity index (χ2n) is 6.41. The fourth-order valence-corrected chi connectivity index (χ4v) is 5.97. The number of ether oxygens (including phenoxy) is 1. The van der Waals surface area contributed by atoms with Crippen molar-refractivity contribution in [3.8, 4) is 0 Å². The molecule has 9 nitrogen and oxygen atoms in total. The van der Waals surface area contributed by atoms with Gasteiger partial charge in [0, 0.05) is 18.7 Å². The zero-order chi connectivity index (χ0) is 21.6. The van der Waals surface area contributed by atoms with Gasteiger partial charge < -0.3 is 4.74 Å². The van der Waals surface area contributed by atoms with Crippen molar-refractivity contribution in [1.29, 1.82) is 0 Å². The number of piperidine rings is 1. The molecule has 1 aromatic heterocycles. The number of anilines is 1. The summed E-state index contributed by atoms with van der Waals surface area (Å²) in [7, 11) is -3.63. The Morgan fingerprint density at radius 2 is 2.00 bits per heavy atom. The van der Waals surface area contributed by atoms with Crippen LogP contribution in [0, 0.1) is 0 Å². The van der Waals surface area contributed by atoms with Crippen LogP contribution in [0.4, 0.5) is 5.13 Å². The normalized spacial score (nSPS) is 15.0. The molecule has 1 aromatic carbocycles. The maximum atomic E-state index is 12.8. The van der Waals surface area contributed by atoms with Gasteiger partial charge in [0.1, 0.15) is 0 Å². The molecule has 12 heteroatoms. The first kappa shape index (κ1) is 22.7. The van der Waals surface area contributed by atoms with E-state index in [1.807, 2.05) is 0 Å². The number of benzene rings is 1. The Morgan fingerprint density at radius 3 is 2.73 bits per heavy atom. The van der Waals surface area contributed by atoms with E-state index in [0.717, 1.165) is 30.6 Å². The first-order chi connectivity index (χ1) is 14.4. The standard InChI is InChI=1S/C18H22N4O5S3/c1-2-27-15(23)12-28-18-21-20-17(29-18)19-16(24)13-7-6-8-14(11-13)30(25,26)22-9-4-3-5-10-22/h6-8,11H,2-5,9-10,12H2,1H3,(H,19,20,24). The van der Waals surface area contributed by atoms with Crippen LogP contribution in [-0.4, -0.2) is 60.2 Å². The maximum absolute atomic E-state index is 12.8. The lowest BCUT2D eigenvalue weighted by molar-refractivity contribution is -0.139. The molecule has 0 bridgehead atoms. The first-order valence-electron chi connectivity index (χ1n) is 9.43. The van der Waals surface area contributed by atoms with Crippen LogP contribution in [0.25, 0.3) is 0 Å². The number of hydrogen-bond acceptors (Lipinski definition) is 9. The summed E-state index contributed by atoms with van der Waals surface area (Å²) in [6.07, 6.45) is 2.70. The minimum absolute atomic E-state index is 0.0972. The van der Waals surface area contributed by atoms with Crippen molar-refractivity contribution in [3.05, 3.63) is 29.8 Å². The van der Waals surface area contributed by atoms with E-state index in [-0.39, 0.29) is 27.3 Å². The number of amides is 1. The lowest BCUT2D eigenvalue weighted by Gasteiger charge is -2.26. The molecule has 0 atom stereocenters. The lowest BCUT2D eigenvalue weighted by atomic mass is 10.2. The molecular formula is C18H22N4O5S3. The van der Waals surface area contributed by atoms with Crippen molar-refractivity contribution in [1.82, 2.24) is 14.5 Å². The molecule has 2 aromatic rings. The highest BCUT2D eigenvalue weighted by Gasteiger charge is 2.26. The molecule has 162 valence electrons. The third kappa shape index (κ3) is 5.78. The van der Waals surface area contributed by atoms with Gasteiger partial charge in [0.2, 0.25) is 15.2 Å². The lowest BCUT2D eigenvalue weighted by Crippen LogP contribution is -2.35. The van der Waals surface area contributed by atoms with Gasteiger partial charge in [-0.05, 0) is 38.0 Å². The smallest absolute Gasteiger partial charge is 0.316 e. The highest BCUT2D eigenvalue weighted by atomic mass is 32.2. The van der Waals surface area contributed by atoms with Gasteiger partial charge in [-0.1, -0.05) is 35.6 Å². The van der Waals surface area contributed by atoms with Crippen LogP contribution in [-0.2, 0) is 19.6 Å². The highest BCUT2D eigenvalue weighted by molar-refractivity contribution is 8.01. The van der Waals surface area contributed by atoms with Crippen molar-refractivity contribution in [2.24, 2.45) is 0 Å². The highest BCUT2D eigenvalue weighted by Crippen LogP contribution is 2.26. The summed E-state index contributed by atoms with van der Waals surface area (Å²) in [5.74, 6) is -0.730. The second-order valence-corrected chi connectivity index (χ2v) is 10.6. The van der Waals surface area contributed by atoms with Crippen LogP contribution in [0.3, 0.4) is 0 Å². The van der Waals surface area contributed by atoms with Gasteiger partial charge in [-0.25, -0.2) is 8.42 Å². The van der Waals surface area contributed by atoms with Crippen LogP contribution < -0.4 is 5.32 Å². The van der Waals surface area contributed by atoms with E-state index in [1.54, 1.807) is 19.1 Å². The molecule has 0 saturated carbocycles. The largest absolute Gasteiger partial charge is 0.465 e. The van der Waals surface area contributed by atoms with E-state index in [4.69, 9.17) is 4.74 Å². The molecule has 1 amide bonds. The van der Waals surface area contributed by atoms with Gasteiger partial charge in [0.05, 0.1) is 17.3 Å². The summed E-state index contributed by atoms with van der Waals surface area (Å²) in [5.41, 5.74) is 0.212. The summed E-state index contributed by atoms with van der Waals surface area (Å²) in [6, 6.07) is 5.96. The Morgan fingerprint density at radius 1 is 1.23 bits per heavy atom. The van der Waals surface area contributed by atoms with Crippen LogP contribution in [0.15, 0.2) is 33.5 Å². The molecule has 1 aliphatic heterocycles. The molecule has 1 N–H and O–H groups in total. The number of esters is 1. The van der Waals surface area contributed by atoms with Crippen LogP contribution >= 0.6 is 23.1 Å². The SMILES string of the molecule is CCOC(=O)CSc1nnc(NC(=O)c2cccc(S(=O)(=O)N3CCCCC3)c2)s1. The Balaban J connectivity index is 1.65. The first-order valence-corrected chi connectivity index (χ1v) is 12.7. The monoisotopic (exact) mass is 470 g/mol. The molecule has 0 spiro atoms. The average molecular weight is 471 g/mol. The number of carbonyl (C=O) groups excluding carboxylic acids is 2. The van der Waals surface area contributed by atoms with Gasteiger partial charge in [-0.15, -0.1) is 10.2 Å². The number of nitrogens with zero attached hydrogens (tertiary/aromatic N) is 3. The minimum atomic E-state index is -3.63. The van der Waals surface area contributed by atoms with Gasteiger partial charge in [0.15, 0.2) is 4.34 Å². The molecule has 1 fully saturated rings. The zero-order valence-corrected chi connectivity index (χ0v) is 18.8. The van der Waals surface area contributed by atoms with Crippen molar-refractivity contribution in [2.75, 3.05) is 30.8 Å². The van der Waals surface area contributed by atoms with E-state index < -0.39 is 15.9 Å². The zero-order valence-electron chi connectivity index (χ0n) is 16.4. The van der Waals surface area contributed by atoms with E-state index >= 15 is 0 Å². The number of sulfonamides is 1. The fraction of sp³-hybridized carbons (Fsp3) is 0.444. The summed E-state index contributed by atoms with van der Waals surface area (Å²) < 4.78 is 32.5. The minimum Gasteiger partial charge on any atom is -0.465 e.